The van der Waals surface area contributed by atoms with Crippen LogP contribution in [0.2, 0.25) is 0 Å². The number of nitrogens with one attached hydrogen (secondary N) is 1. The molecule has 0 heterocycles. The summed E-state index contributed by atoms with van der Waals surface area (Å²) in [4.78, 5) is 22.3. The van der Waals surface area contributed by atoms with Crippen LogP contribution >= 0.6 is 0 Å². The minimum absolute atomic E-state index is 0.0924. The van der Waals surface area contributed by atoms with Crippen molar-refractivity contribution in [2.75, 3.05) is 5.32 Å². The molecule has 0 saturated heterocycles. The standard InChI is InChI=1S/C12H13NO4/c14-6-7-2-1-3-8(4-7)13-11(15)9-5-10(9)12(16)17/h1-4,9-10,14H,5-6H2,(H,13,15)(H,16,17). The SMILES string of the molecule is O=C(O)C1CC1C(=O)Nc1cccc(CO)c1. The lowest BCUT2D eigenvalue weighted by molar-refractivity contribution is -0.139. The van der Waals surface area contributed by atoms with Crippen LogP contribution in [0.5, 0.6) is 0 Å². The first-order valence-electron chi connectivity index (χ1n) is 5.35. The summed E-state index contributed by atoms with van der Waals surface area (Å²) < 4.78 is 0. The molecule has 0 aromatic heterocycles. The summed E-state index contributed by atoms with van der Waals surface area (Å²) >= 11 is 0. The highest BCUT2D eigenvalue weighted by molar-refractivity contribution is 5.98. The molecule has 1 fully saturated rings. The lowest BCUT2D eigenvalue weighted by Gasteiger charge is -2.05. The zero-order valence-electron chi connectivity index (χ0n) is 9.09. The van der Waals surface area contributed by atoms with E-state index in [1.807, 2.05) is 0 Å². The average molecular weight is 235 g/mol. The number of aliphatic hydroxyl groups excluding tert-OH is 1. The van der Waals surface area contributed by atoms with E-state index in [0.717, 1.165) is 0 Å². The summed E-state index contributed by atoms with van der Waals surface area (Å²) in [6, 6.07) is 6.83. The van der Waals surface area contributed by atoms with Crippen molar-refractivity contribution in [1.29, 1.82) is 0 Å². The third kappa shape index (κ3) is 2.62. The molecule has 17 heavy (non-hydrogen) atoms. The predicted octanol–water partition coefficient (Wildman–Crippen LogP) is 0.838. The van der Waals surface area contributed by atoms with Gasteiger partial charge in [-0.05, 0) is 24.1 Å². The van der Waals surface area contributed by atoms with Crippen LogP contribution in [-0.2, 0) is 16.2 Å². The van der Waals surface area contributed by atoms with Gasteiger partial charge in [0.05, 0.1) is 18.4 Å². The van der Waals surface area contributed by atoms with Crippen molar-refractivity contribution in [3.05, 3.63) is 29.8 Å². The lowest BCUT2D eigenvalue weighted by atomic mass is 10.2. The Labute approximate surface area is 98.1 Å². The first kappa shape index (κ1) is 11.6. The maximum Gasteiger partial charge on any atom is 0.307 e. The van der Waals surface area contributed by atoms with Crippen molar-refractivity contribution in [3.8, 4) is 0 Å². The number of hydrogen-bond donors (Lipinski definition) is 3. The summed E-state index contributed by atoms with van der Waals surface area (Å²) in [5.74, 6) is -2.16. The molecular weight excluding hydrogens is 222 g/mol. The van der Waals surface area contributed by atoms with E-state index in [1.54, 1.807) is 24.3 Å². The van der Waals surface area contributed by atoms with E-state index >= 15 is 0 Å². The number of carbonyl (C=O) groups excluding carboxylic acids is 1. The third-order valence-electron chi connectivity index (χ3n) is 2.82. The van der Waals surface area contributed by atoms with Gasteiger partial charge >= 0.3 is 5.97 Å². The average Bonchev–Trinajstić information content (AvgIpc) is 3.09. The predicted molar refractivity (Wildman–Crippen MR) is 60.2 cm³/mol. The van der Waals surface area contributed by atoms with Crippen LogP contribution < -0.4 is 5.32 Å². The van der Waals surface area contributed by atoms with Crippen LogP contribution in [0.3, 0.4) is 0 Å². The lowest BCUT2D eigenvalue weighted by Crippen LogP contribution is -2.16. The third-order valence-corrected chi connectivity index (χ3v) is 2.82. The van der Waals surface area contributed by atoms with E-state index < -0.39 is 17.8 Å². The first-order chi connectivity index (χ1) is 8.11. The van der Waals surface area contributed by atoms with Gasteiger partial charge in [-0.25, -0.2) is 0 Å². The van der Waals surface area contributed by atoms with Crippen molar-refractivity contribution in [2.24, 2.45) is 11.8 Å². The zero-order chi connectivity index (χ0) is 12.4. The zero-order valence-corrected chi connectivity index (χ0v) is 9.09. The summed E-state index contributed by atoms with van der Waals surface area (Å²) in [5, 5.41) is 20.3. The molecule has 2 unspecified atom stereocenters. The minimum atomic E-state index is -0.922. The molecule has 1 aromatic rings. The summed E-state index contributed by atoms with van der Waals surface area (Å²) in [6.07, 6.45) is 0.404. The van der Waals surface area contributed by atoms with E-state index in [1.165, 1.54) is 0 Å². The first-order valence-corrected chi connectivity index (χ1v) is 5.35. The van der Waals surface area contributed by atoms with Gasteiger partial charge in [0.1, 0.15) is 0 Å². The van der Waals surface area contributed by atoms with Gasteiger partial charge in [-0.2, -0.15) is 0 Å². The maximum atomic E-state index is 11.7. The smallest absolute Gasteiger partial charge is 0.307 e. The number of carboxylic acid groups (broad SMARTS) is 1. The van der Waals surface area contributed by atoms with Gasteiger partial charge in [-0.1, -0.05) is 12.1 Å². The fourth-order valence-electron chi connectivity index (χ4n) is 1.74. The highest BCUT2D eigenvalue weighted by atomic mass is 16.4. The highest BCUT2D eigenvalue weighted by Gasteiger charge is 2.48. The van der Waals surface area contributed by atoms with Crippen molar-refractivity contribution in [3.63, 3.8) is 0 Å². The van der Waals surface area contributed by atoms with E-state index in [4.69, 9.17) is 10.2 Å². The summed E-state index contributed by atoms with van der Waals surface area (Å²) in [5.41, 5.74) is 1.28. The maximum absolute atomic E-state index is 11.7. The molecule has 0 radical (unpaired) electrons. The Morgan fingerprint density at radius 2 is 2.12 bits per heavy atom. The number of aliphatic hydroxyl groups is 1. The molecule has 0 spiro atoms. The second-order valence-electron chi connectivity index (χ2n) is 4.13. The quantitative estimate of drug-likeness (QED) is 0.721. The van der Waals surface area contributed by atoms with Crippen LogP contribution in [0.25, 0.3) is 0 Å². The highest BCUT2D eigenvalue weighted by Crippen LogP contribution is 2.39. The van der Waals surface area contributed by atoms with Gasteiger partial charge in [0, 0.05) is 5.69 Å². The Hall–Kier alpha value is -1.88. The van der Waals surface area contributed by atoms with Crippen LogP contribution in [0.15, 0.2) is 24.3 Å². The van der Waals surface area contributed by atoms with Crippen molar-refractivity contribution in [1.82, 2.24) is 0 Å². The van der Waals surface area contributed by atoms with Crippen molar-refractivity contribution in [2.45, 2.75) is 13.0 Å². The Bertz CT molecular complexity index is 458. The number of carbonyl (C=O) groups is 2. The van der Waals surface area contributed by atoms with E-state index in [9.17, 15) is 9.59 Å². The molecule has 3 N–H and O–H groups in total. The van der Waals surface area contributed by atoms with Gasteiger partial charge in [0.2, 0.25) is 5.91 Å². The Morgan fingerprint density at radius 3 is 2.71 bits per heavy atom. The molecule has 1 aromatic carbocycles. The van der Waals surface area contributed by atoms with Crippen LogP contribution in [0.4, 0.5) is 5.69 Å². The largest absolute Gasteiger partial charge is 0.481 e. The van der Waals surface area contributed by atoms with Crippen molar-refractivity contribution >= 4 is 17.6 Å². The van der Waals surface area contributed by atoms with E-state index in [-0.39, 0.29) is 12.5 Å². The Morgan fingerprint density at radius 1 is 1.35 bits per heavy atom. The number of carboxylic acids is 1. The fourth-order valence-corrected chi connectivity index (χ4v) is 1.74. The fraction of sp³-hybridized carbons (Fsp3) is 0.333. The van der Waals surface area contributed by atoms with Crippen LogP contribution in [0, 0.1) is 11.8 Å². The number of aliphatic carboxylic acids is 1. The molecule has 5 nitrogen and oxygen atoms in total. The Kier molecular flexibility index (Phi) is 3.10. The number of anilines is 1. The van der Waals surface area contributed by atoms with Gasteiger partial charge in [0.25, 0.3) is 0 Å². The monoisotopic (exact) mass is 235 g/mol. The molecule has 2 rings (SSSR count). The van der Waals surface area contributed by atoms with Gasteiger partial charge in [-0.3, -0.25) is 9.59 Å². The molecule has 1 aliphatic carbocycles. The van der Waals surface area contributed by atoms with Crippen LogP contribution in [0.1, 0.15) is 12.0 Å². The van der Waals surface area contributed by atoms with E-state index in [0.29, 0.717) is 17.7 Å². The number of hydrogen-bond acceptors (Lipinski definition) is 3. The second kappa shape index (κ2) is 4.55. The van der Waals surface area contributed by atoms with Gasteiger partial charge in [-0.15, -0.1) is 0 Å². The molecule has 1 saturated carbocycles. The molecule has 90 valence electrons. The van der Waals surface area contributed by atoms with Crippen LogP contribution in [-0.4, -0.2) is 22.1 Å². The molecule has 2 atom stereocenters. The second-order valence-corrected chi connectivity index (χ2v) is 4.13. The Balaban J connectivity index is 1.97. The summed E-state index contributed by atoms with van der Waals surface area (Å²) in [7, 11) is 0. The number of rotatable bonds is 4. The number of benzene rings is 1. The molecule has 1 aliphatic rings. The molecule has 5 heteroatoms. The molecular formula is C12H13NO4. The number of amides is 1. The molecule has 1 amide bonds. The minimum Gasteiger partial charge on any atom is -0.481 e. The molecule has 0 aliphatic heterocycles. The van der Waals surface area contributed by atoms with Gasteiger partial charge in [0.15, 0.2) is 0 Å². The topological polar surface area (TPSA) is 86.6 Å². The van der Waals surface area contributed by atoms with Crippen molar-refractivity contribution < 1.29 is 19.8 Å². The van der Waals surface area contributed by atoms with E-state index in [2.05, 4.69) is 5.32 Å². The van der Waals surface area contributed by atoms with Gasteiger partial charge < -0.3 is 15.5 Å². The molecule has 0 bridgehead atoms. The normalized spacial score (nSPS) is 21.9. The summed E-state index contributed by atoms with van der Waals surface area (Å²) in [6.45, 7) is -0.0924.